The van der Waals surface area contributed by atoms with E-state index in [-0.39, 0.29) is 29.2 Å². The van der Waals surface area contributed by atoms with Crippen molar-refractivity contribution in [1.29, 1.82) is 0 Å². The molecule has 1 aromatic rings. The summed E-state index contributed by atoms with van der Waals surface area (Å²) in [6.45, 7) is 0. The first-order valence-corrected chi connectivity index (χ1v) is 5.23. The van der Waals surface area contributed by atoms with Gasteiger partial charge in [0.15, 0.2) is 0 Å². The van der Waals surface area contributed by atoms with Gasteiger partial charge < -0.3 is 10.4 Å². The molecule has 0 heterocycles. The number of rotatable bonds is 5. The van der Waals surface area contributed by atoms with Gasteiger partial charge in [-0.15, -0.1) is 0 Å². The molecule has 0 fully saturated rings. The minimum atomic E-state index is -1.08. The number of carboxylic acids is 1. The lowest BCUT2D eigenvalue weighted by atomic mass is 10.2. The number of anilines is 1. The summed E-state index contributed by atoms with van der Waals surface area (Å²) in [5.74, 6) is -1.60. The second kappa shape index (κ2) is 5.97. The van der Waals surface area contributed by atoms with Gasteiger partial charge in [-0.05, 0) is 6.07 Å². The van der Waals surface area contributed by atoms with Crippen LogP contribution in [0.2, 0.25) is 5.02 Å². The van der Waals surface area contributed by atoms with Gasteiger partial charge in [-0.3, -0.25) is 19.7 Å². The van der Waals surface area contributed by atoms with Gasteiger partial charge in [-0.1, -0.05) is 11.6 Å². The summed E-state index contributed by atoms with van der Waals surface area (Å²) < 4.78 is 0. The number of hydrogen-bond acceptors (Lipinski definition) is 4. The number of carbonyl (C=O) groups excluding carboxylic acids is 1. The van der Waals surface area contributed by atoms with E-state index < -0.39 is 16.8 Å². The van der Waals surface area contributed by atoms with Crippen molar-refractivity contribution in [3.8, 4) is 0 Å². The van der Waals surface area contributed by atoms with Crippen LogP contribution in [0.5, 0.6) is 0 Å². The molecule has 7 nitrogen and oxygen atoms in total. The highest BCUT2D eigenvalue weighted by Gasteiger charge is 2.12. The van der Waals surface area contributed by atoms with Gasteiger partial charge in [0.25, 0.3) is 5.69 Å². The van der Waals surface area contributed by atoms with Crippen molar-refractivity contribution in [3.63, 3.8) is 0 Å². The number of aliphatic carboxylic acids is 1. The molecule has 0 saturated heterocycles. The van der Waals surface area contributed by atoms with Crippen molar-refractivity contribution in [2.75, 3.05) is 5.32 Å². The number of halogens is 1. The van der Waals surface area contributed by atoms with Gasteiger partial charge in [-0.2, -0.15) is 0 Å². The monoisotopic (exact) mass is 272 g/mol. The predicted molar refractivity (Wildman–Crippen MR) is 63.6 cm³/mol. The molecule has 0 spiro atoms. The third-order valence-electron chi connectivity index (χ3n) is 2.00. The number of nitro groups is 1. The summed E-state index contributed by atoms with van der Waals surface area (Å²) >= 11 is 5.74. The van der Waals surface area contributed by atoms with Crippen molar-refractivity contribution >= 4 is 34.9 Å². The molecule has 0 aliphatic rings. The molecule has 1 aromatic carbocycles. The van der Waals surface area contributed by atoms with Crippen LogP contribution in [-0.2, 0) is 9.59 Å². The normalized spacial score (nSPS) is 9.83. The molecule has 0 bridgehead atoms. The van der Waals surface area contributed by atoms with Gasteiger partial charge >= 0.3 is 5.97 Å². The highest BCUT2D eigenvalue weighted by atomic mass is 35.5. The van der Waals surface area contributed by atoms with Gasteiger partial charge in [-0.25, -0.2) is 0 Å². The standard InChI is InChI=1S/C10H9ClN2O5/c11-7-5-6(13(17)18)1-2-8(7)12-9(14)3-4-10(15)16/h1-2,5H,3-4H2,(H,12,14)(H,15,16). The number of nitrogens with one attached hydrogen (secondary N) is 1. The van der Waals surface area contributed by atoms with Crippen molar-refractivity contribution < 1.29 is 19.6 Å². The minimum absolute atomic E-state index is 0.0212. The van der Waals surface area contributed by atoms with Crippen molar-refractivity contribution in [2.45, 2.75) is 12.8 Å². The molecule has 8 heteroatoms. The first kappa shape index (κ1) is 13.9. The number of amides is 1. The molecule has 0 aliphatic heterocycles. The summed E-state index contributed by atoms with van der Waals surface area (Å²) in [5.41, 5.74) is 0.0150. The summed E-state index contributed by atoms with van der Waals surface area (Å²) in [4.78, 5) is 31.4. The second-order valence-electron chi connectivity index (χ2n) is 3.36. The SMILES string of the molecule is O=C(O)CCC(=O)Nc1ccc([N+](=O)[O-])cc1Cl. The number of carbonyl (C=O) groups is 2. The van der Waals surface area contributed by atoms with Gasteiger partial charge in [0.05, 0.1) is 22.1 Å². The number of non-ortho nitro benzene ring substituents is 1. The maximum absolute atomic E-state index is 11.3. The Morgan fingerprint density at radius 3 is 2.56 bits per heavy atom. The van der Waals surface area contributed by atoms with Crippen molar-refractivity contribution in [1.82, 2.24) is 0 Å². The molecule has 0 unspecified atom stereocenters. The van der Waals surface area contributed by atoms with Gasteiger partial charge in [0, 0.05) is 18.6 Å². The largest absolute Gasteiger partial charge is 0.481 e. The third kappa shape index (κ3) is 4.02. The van der Waals surface area contributed by atoms with Crippen LogP contribution in [0.1, 0.15) is 12.8 Å². The average molecular weight is 273 g/mol. The average Bonchev–Trinajstić information content (AvgIpc) is 2.29. The molecule has 0 aromatic heterocycles. The number of nitro benzene ring substituents is 1. The fourth-order valence-electron chi connectivity index (χ4n) is 1.15. The summed E-state index contributed by atoms with van der Waals surface area (Å²) in [7, 11) is 0. The lowest BCUT2D eigenvalue weighted by Gasteiger charge is -2.06. The fraction of sp³-hybridized carbons (Fsp3) is 0.200. The van der Waals surface area contributed by atoms with Crippen LogP contribution in [-0.4, -0.2) is 21.9 Å². The van der Waals surface area contributed by atoms with Crippen molar-refractivity contribution in [3.05, 3.63) is 33.3 Å². The zero-order chi connectivity index (χ0) is 13.7. The molecule has 96 valence electrons. The predicted octanol–water partition coefficient (Wildman–Crippen LogP) is 2.05. The maximum atomic E-state index is 11.3. The number of nitrogens with zero attached hydrogens (tertiary/aromatic N) is 1. The highest BCUT2D eigenvalue weighted by molar-refractivity contribution is 6.33. The zero-order valence-corrected chi connectivity index (χ0v) is 9.81. The minimum Gasteiger partial charge on any atom is -0.481 e. The Morgan fingerprint density at radius 2 is 2.06 bits per heavy atom. The summed E-state index contributed by atoms with van der Waals surface area (Å²) in [5, 5.41) is 21.3. The van der Waals surface area contributed by atoms with E-state index in [0.717, 1.165) is 6.07 Å². The number of benzene rings is 1. The summed E-state index contributed by atoms with van der Waals surface area (Å²) in [6.07, 6.45) is -0.487. The Balaban J connectivity index is 2.70. The molecule has 1 amide bonds. The van der Waals surface area contributed by atoms with E-state index in [1.165, 1.54) is 12.1 Å². The lowest BCUT2D eigenvalue weighted by molar-refractivity contribution is -0.384. The van der Waals surface area contributed by atoms with Gasteiger partial charge in [0.2, 0.25) is 5.91 Å². The van der Waals surface area contributed by atoms with E-state index in [4.69, 9.17) is 16.7 Å². The van der Waals surface area contributed by atoms with Crippen LogP contribution < -0.4 is 5.32 Å². The topological polar surface area (TPSA) is 110 Å². The molecule has 0 atom stereocenters. The van der Waals surface area contributed by atoms with Crippen LogP contribution in [0.4, 0.5) is 11.4 Å². The molecular formula is C10H9ClN2O5. The quantitative estimate of drug-likeness (QED) is 0.630. The molecular weight excluding hydrogens is 264 g/mol. The molecule has 18 heavy (non-hydrogen) atoms. The van der Waals surface area contributed by atoms with Gasteiger partial charge in [0.1, 0.15) is 0 Å². The van der Waals surface area contributed by atoms with E-state index in [2.05, 4.69) is 5.32 Å². The third-order valence-corrected chi connectivity index (χ3v) is 2.32. The Labute approximate surface area is 107 Å². The van der Waals surface area contributed by atoms with Crippen LogP contribution >= 0.6 is 11.6 Å². The Bertz CT molecular complexity index is 503. The Hall–Kier alpha value is -2.15. The molecule has 0 radical (unpaired) electrons. The maximum Gasteiger partial charge on any atom is 0.303 e. The van der Waals surface area contributed by atoms with E-state index in [9.17, 15) is 19.7 Å². The number of carboxylic acid groups (broad SMARTS) is 1. The molecule has 2 N–H and O–H groups in total. The second-order valence-corrected chi connectivity index (χ2v) is 3.77. The fourth-order valence-corrected chi connectivity index (χ4v) is 1.37. The Morgan fingerprint density at radius 1 is 1.39 bits per heavy atom. The van der Waals surface area contributed by atoms with Crippen LogP contribution in [0.15, 0.2) is 18.2 Å². The molecule has 1 rings (SSSR count). The van der Waals surface area contributed by atoms with E-state index in [1.807, 2.05) is 0 Å². The van der Waals surface area contributed by atoms with E-state index in [0.29, 0.717) is 0 Å². The summed E-state index contributed by atoms with van der Waals surface area (Å²) in [6, 6.07) is 3.59. The lowest BCUT2D eigenvalue weighted by Crippen LogP contribution is -2.13. The molecule has 0 saturated carbocycles. The Kier molecular flexibility index (Phi) is 4.61. The smallest absolute Gasteiger partial charge is 0.303 e. The molecule has 0 aliphatic carbocycles. The van der Waals surface area contributed by atoms with Crippen LogP contribution in [0.25, 0.3) is 0 Å². The van der Waals surface area contributed by atoms with E-state index >= 15 is 0 Å². The first-order chi connectivity index (χ1) is 8.40. The zero-order valence-electron chi connectivity index (χ0n) is 9.05. The number of hydrogen-bond donors (Lipinski definition) is 2. The first-order valence-electron chi connectivity index (χ1n) is 4.85. The van der Waals surface area contributed by atoms with Crippen LogP contribution in [0.3, 0.4) is 0 Å². The van der Waals surface area contributed by atoms with E-state index in [1.54, 1.807) is 0 Å². The van der Waals surface area contributed by atoms with Crippen LogP contribution in [0, 0.1) is 10.1 Å². The highest BCUT2D eigenvalue weighted by Crippen LogP contribution is 2.26. The van der Waals surface area contributed by atoms with Crippen molar-refractivity contribution in [2.24, 2.45) is 0 Å².